The van der Waals surface area contributed by atoms with Gasteiger partial charge in [-0.1, -0.05) is 188 Å². The van der Waals surface area contributed by atoms with E-state index in [1.807, 2.05) is 18.2 Å². The van der Waals surface area contributed by atoms with Gasteiger partial charge in [-0.25, -0.2) is 15.0 Å². The number of para-hydroxylation sites is 5. The van der Waals surface area contributed by atoms with Crippen LogP contribution >= 0.6 is 0 Å². The van der Waals surface area contributed by atoms with Crippen molar-refractivity contribution in [2.45, 2.75) is 0 Å². The lowest BCUT2D eigenvalue weighted by Crippen LogP contribution is -1.97. The van der Waals surface area contributed by atoms with Crippen LogP contribution in [0.25, 0.3) is 133 Å². The summed E-state index contributed by atoms with van der Waals surface area (Å²) >= 11 is 0. The quantitative estimate of drug-likeness (QED) is 0.150. The maximum absolute atomic E-state index is 5.60. The number of benzene rings is 10. The maximum atomic E-state index is 5.60. The van der Waals surface area contributed by atoms with Crippen molar-refractivity contribution in [1.82, 2.24) is 24.1 Å². The number of pyridine rings is 1. The molecule has 5 heteroatoms. The van der Waals surface area contributed by atoms with Crippen LogP contribution < -0.4 is 0 Å². The molecule has 0 aliphatic heterocycles. The van der Waals surface area contributed by atoms with Crippen LogP contribution in [0.1, 0.15) is 0 Å². The van der Waals surface area contributed by atoms with Crippen LogP contribution in [0.4, 0.5) is 0 Å². The van der Waals surface area contributed by atoms with E-state index in [2.05, 4.69) is 240 Å². The minimum Gasteiger partial charge on any atom is -0.309 e. The molecule has 0 atom stereocenters. The third-order valence-electron chi connectivity index (χ3n) is 13.9. The van der Waals surface area contributed by atoms with Gasteiger partial charge >= 0.3 is 0 Å². The van der Waals surface area contributed by atoms with Gasteiger partial charge in [0.1, 0.15) is 0 Å². The number of hydrogen-bond acceptors (Lipinski definition) is 3. The van der Waals surface area contributed by atoms with E-state index in [1.165, 1.54) is 43.5 Å². The lowest BCUT2D eigenvalue weighted by atomic mass is 9.94. The predicted octanol–water partition coefficient (Wildman–Crippen LogP) is 16.7. The largest absolute Gasteiger partial charge is 0.309 e. The molecule has 0 radical (unpaired) electrons. The van der Waals surface area contributed by atoms with Crippen molar-refractivity contribution in [2.75, 3.05) is 0 Å². The smallest absolute Gasteiger partial charge is 0.160 e. The fourth-order valence-corrected chi connectivity index (χ4v) is 10.7. The van der Waals surface area contributed by atoms with Crippen molar-refractivity contribution in [3.8, 4) is 67.7 Å². The van der Waals surface area contributed by atoms with E-state index in [4.69, 9.17) is 15.0 Å². The molecule has 0 aliphatic rings. The fraction of sp³-hybridized carbons (Fsp3) is 0. The molecule has 326 valence electrons. The van der Waals surface area contributed by atoms with Crippen LogP contribution in [0.3, 0.4) is 0 Å². The average Bonchev–Trinajstić information content (AvgIpc) is 3.95. The first kappa shape index (κ1) is 39.7. The van der Waals surface area contributed by atoms with Gasteiger partial charge in [0.25, 0.3) is 0 Å². The van der Waals surface area contributed by atoms with Gasteiger partial charge in [0.2, 0.25) is 0 Å². The van der Waals surface area contributed by atoms with Crippen molar-refractivity contribution in [1.29, 1.82) is 0 Å². The van der Waals surface area contributed by atoms with Crippen LogP contribution in [0, 0.1) is 0 Å². The van der Waals surface area contributed by atoms with Gasteiger partial charge in [-0.2, -0.15) is 0 Å². The van der Waals surface area contributed by atoms with E-state index in [-0.39, 0.29) is 0 Å². The molecule has 0 amide bonds. The summed E-state index contributed by atoms with van der Waals surface area (Å²) in [6.45, 7) is 0. The van der Waals surface area contributed by atoms with Gasteiger partial charge in [0.05, 0.1) is 44.7 Å². The lowest BCUT2D eigenvalue weighted by molar-refractivity contribution is 1.17. The summed E-state index contributed by atoms with van der Waals surface area (Å²) in [5, 5.41) is 8.34. The number of fused-ring (bicyclic) bond motifs is 9. The Bertz CT molecular complexity index is 4250. The van der Waals surface area contributed by atoms with E-state index >= 15 is 0 Å². The van der Waals surface area contributed by atoms with Gasteiger partial charge in [0, 0.05) is 71.5 Å². The van der Waals surface area contributed by atoms with Crippen molar-refractivity contribution in [3.63, 3.8) is 0 Å². The Morgan fingerprint density at radius 1 is 0.257 bits per heavy atom. The van der Waals surface area contributed by atoms with Crippen LogP contribution in [-0.2, 0) is 0 Å². The highest BCUT2D eigenvalue weighted by molar-refractivity contribution is 6.21. The Hall–Kier alpha value is -9.45. The molecule has 0 N–H and O–H groups in total. The molecule has 0 unspecified atom stereocenters. The molecule has 14 aromatic rings. The van der Waals surface area contributed by atoms with Crippen LogP contribution in [0.5, 0.6) is 0 Å². The Labute approximate surface area is 403 Å². The summed E-state index contributed by atoms with van der Waals surface area (Å²) in [5.41, 5.74) is 16.8. The normalized spacial score (nSPS) is 11.7. The van der Waals surface area contributed by atoms with Crippen molar-refractivity contribution < 1.29 is 0 Å². The van der Waals surface area contributed by atoms with Crippen molar-refractivity contribution in [3.05, 3.63) is 249 Å². The molecule has 0 aliphatic carbocycles. The maximum Gasteiger partial charge on any atom is 0.160 e. The predicted molar refractivity (Wildman–Crippen MR) is 291 cm³/mol. The molecular weight excluding hydrogens is 851 g/mol. The Morgan fingerprint density at radius 3 is 1.34 bits per heavy atom. The summed E-state index contributed by atoms with van der Waals surface area (Å²) < 4.78 is 4.73. The fourth-order valence-electron chi connectivity index (χ4n) is 10.7. The highest BCUT2D eigenvalue weighted by Crippen LogP contribution is 2.42. The highest BCUT2D eigenvalue weighted by Gasteiger charge is 2.20. The zero-order valence-electron chi connectivity index (χ0n) is 37.9. The summed E-state index contributed by atoms with van der Waals surface area (Å²) in [5.74, 6) is 0.684. The Morgan fingerprint density at radius 2 is 0.729 bits per heavy atom. The van der Waals surface area contributed by atoms with Crippen molar-refractivity contribution in [2.24, 2.45) is 0 Å². The summed E-state index contributed by atoms with van der Waals surface area (Å²) in [6.07, 6.45) is 0. The second-order valence-electron chi connectivity index (χ2n) is 18.0. The molecule has 10 aromatic carbocycles. The van der Waals surface area contributed by atoms with E-state index in [9.17, 15) is 0 Å². The number of aromatic nitrogens is 5. The molecule has 0 fully saturated rings. The second-order valence-corrected chi connectivity index (χ2v) is 18.0. The molecule has 4 heterocycles. The van der Waals surface area contributed by atoms with Crippen LogP contribution in [0.15, 0.2) is 249 Å². The van der Waals surface area contributed by atoms with Crippen LogP contribution in [-0.4, -0.2) is 24.1 Å². The molecule has 0 saturated heterocycles. The van der Waals surface area contributed by atoms with E-state index in [0.29, 0.717) is 5.82 Å². The van der Waals surface area contributed by atoms with Crippen LogP contribution in [0.2, 0.25) is 0 Å². The molecule has 0 saturated carbocycles. The number of hydrogen-bond donors (Lipinski definition) is 0. The first-order valence-electron chi connectivity index (χ1n) is 23.8. The average molecular weight is 892 g/mol. The molecule has 0 spiro atoms. The van der Waals surface area contributed by atoms with E-state index < -0.39 is 0 Å². The Balaban J connectivity index is 0.893. The van der Waals surface area contributed by atoms with E-state index in [1.54, 1.807) is 0 Å². The van der Waals surface area contributed by atoms with Gasteiger partial charge in [-0.15, -0.1) is 0 Å². The highest BCUT2D eigenvalue weighted by atomic mass is 15.0. The standard InChI is InChI=1S/C65H41N5/c1-4-17-45(18-5-1)63-56-40-62-55(52-25-12-15-30-61(52)70(62)47-21-8-3-9-22-47)39-54(56)53-27-16-26-49(64(53)68-63)42-31-33-43(34-32-42)57-41-58(67-65(66-57)46-19-6-2-7-20-46)44-35-37-48(38-36-44)69-59-28-13-10-23-50(59)51-24-11-14-29-60(51)69/h1-41H. The third-order valence-corrected chi connectivity index (χ3v) is 13.9. The lowest BCUT2D eigenvalue weighted by Gasteiger charge is -2.15. The molecule has 14 rings (SSSR count). The number of rotatable bonds is 7. The third kappa shape index (κ3) is 6.44. The molecule has 0 bridgehead atoms. The monoisotopic (exact) mass is 891 g/mol. The topological polar surface area (TPSA) is 48.5 Å². The zero-order valence-corrected chi connectivity index (χ0v) is 37.9. The SMILES string of the molecule is c1ccc(-c2nc(-c3ccc(-c4cccc5c4nc(-c4ccccc4)c4cc6c(cc45)c4ccccc4n6-c4ccccc4)cc3)cc(-c3ccc(-n4c5ccccc5c5ccccc54)cc3)n2)cc1. The van der Waals surface area contributed by atoms with E-state index in [0.717, 1.165) is 83.6 Å². The zero-order chi connectivity index (χ0) is 46.1. The first-order valence-corrected chi connectivity index (χ1v) is 23.8. The molecule has 4 aromatic heterocycles. The second kappa shape index (κ2) is 16.1. The minimum absolute atomic E-state index is 0.684. The van der Waals surface area contributed by atoms with Crippen molar-refractivity contribution >= 4 is 65.3 Å². The summed E-state index contributed by atoms with van der Waals surface area (Å²) in [6, 6.07) is 88.5. The number of nitrogens with zero attached hydrogens (tertiary/aromatic N) is 5. The molecule has 5 nitrogen and oxygen atoms in total. The Kier molecular flexibility index (Phi) is 9.14. The summed E-state index contributed by atoms with van der Waals surface area (Å²) in [4.78, 5) is 16.0. The summed E-state index contributed by atoms with van der Waals surface area (Å²) in [7, 11) is 0. The minimum atomic E-state index is 0.684. The van der Waals surface area contributed by atoms with Gasteiger partial charge < -0.3 is 9.13 Å². The van der Waals surface area contributed by atoms with Gasteiger partial charge in [-0.05, 0) is 71.6 Å². The van der Waals surface area contributed by atoms with Gasteiger partial charge in [-0.3, -0.25) is 0 Å². The van der Waals surface area contributed by atoms with Gasteiger partial charge in [0.15, 0.2) is 5.82 Å². The first-order chi connectivity index (χ1) is 34.7. The molecular formula is C65H41N5. The molecule has 70 heavy (non-hydrogen) atoms.